The summed E-state index contributed by atoms with van der Waals surface area (Å²) in [5.74, 6) is 0. The van der Waals surface area contributed by atoms with E-state index in [-0.39, 0.29) is 11.5 Å². The van der Waals surface area contributed by atoms with Gasteiger partial charge in [0.15, 0.2) is 0 Å². The molecule has 1 rings (SSSR count). The summed E-state index contributed by atoms with van der Waals surface area (Å²) in [5, 5.41) is 0.250. The van der Waals surface area contributed by atoms with Gasteiger partial charge in [0.1, 0.15) is 0 Å². The molecule has 0 fully saturated rings. The molecule has 0 radical (unpaired) electrons. The van der Waals surface area contributed by atoms with Crippen molar-refractivity contribution >= 4 is 12.6 Å². The molecule has 4 heteroatoms. The van der Waals surface area contributed by atoms with Gasteiger partial charge in [0.25, 0.3) is 0 Å². The maximum atomic E-state index is 9.91. The third kappa shape index (κ3) is 3.25. The Labute approximate surface area is 90.6 Å². The predicted molar refractivity (Wildman–Crippen MR) is 64.2 cm³/mol. The Morgan fingerprint density at radius 1 is 1.07 bits per heavy atom. The van der Waals surface area contributed by atoms with Crippen LogP contribution in [-0.4, -0.2) is 20.8 Å². The molecule has 0 spiro atoms. The number of aryl methyl sites for hydroxylation is 1. The van der Waals surface area contributed by atoms with Crippen molar-refractivity contribution in [2.75, 3.05) is 6.16 Å². The van der Waals surface area contributed by atoms with Gasteiger partial charge in [-0.15, -0.1) is 0 Å². The van der Waals surface area contributed by atoms with Crippen LogP contribution in [0.5, 0.6) is 0 Å². The van der Waals surface area contributed by atoms with Crippen molar-refractivity contribution < 1.29 is 14.7 Å². The van der Waals surface area contributed by atoms with Crippen molar-refractivity contribution in [1.82, 2.24) is 0 Å². The van der Waals surface area contributed by atoms with Gasteiger partial charge in [0, 0.05) is 0 Å². The molecule has 0 unspecified atom stereocenters. The summed E-state index contributed by atoms with van der Waals surface area (Å²) in [6.07, 6.45) is 1.48. The summed E-state index contributed by atoms with van der Waals surface area (Å²) in [6.45, 7) is 3.86. The van der Waals surface area contributed by atoms with Crippen LogP contribution in [0.15, 0.2) is 24.3 Å². The van der Waals surface area contributed by atoms with Gasteiger partial charge in [-0.2, -0.15) is 0 Å². The average Bonchev–Trinajstić information content (AvgIpc) is 2.15. The van der Waals surface area contributed by atoms with E-state index in [0.29, 0.717) is 6.42 Å². The molecular formula is C11H19O3P. The Morgan fingerprint density at radius 3 is 2.07 bits per heavy atom. The predicted octanol–water partition coefficient (Wildman–Crippen LogP) is 1.70. The van der Waals surface area contributed by atoms with Gasteiger partial charge in [0.05, 0.1) is 0 Å². The average molecular weight is 230 g/mol. The molecule has 0 aliphatic carbocycles. The third-order valence-electron chi connectivity index (χ3n) is 2.49. The molecule has 3 nitrogen and oxygen atoms in total. The Morgan fingerprint density at radius 2 is 1.60 bits per heavy atom. The molecule has 0 bridgehead atoms. The molecule has 1 aromatic rings. The third-order valence-corrected chi connectivity index (χ3v) is 4.98. The Hall–Kier alpha value is -0.470. The molecule has 0 aliphatic rings. The monoisotopic (exact) mass is 230 g/mol. The van der Waals surface area contributed by atoms with Crippen LogP contribution in [0.2, 0.25) is 0 Å². The number of hydrogen-bond acceptors (Lipinski definition) is 3. The quantitative estimate of drug-likeness (QED) is 0.690. The minimum absolute atomic E-state index is 0.0468. The van der Waals surface area contributed by atoms with E-state index in [4.69, 9.17) is 0 Å². The summed E-state index contributed by atoms with van der Waals surface area (Å²) < 4.78 is 0. The van der Waals surface area contributed by atoms with E-state index < -0.39 is 7.28 Å². The van der Waals surface area contributed by atoms with Crippen LogP contribution < -0.4 is 5.30 Å². The summed E-state index contributed by atoms with van der Waals surface area (Å²) in [4.78, 5) is 29.7. The molecule has 0 atom stereocenters. The first-order valence-electron chi connectivity index (χ1n) is 5.17. The van der Waals surface area contributed by atoms with E-state index in [9.17, 15) is 14.7 Å². The Bertz CT molecular complexity index is 324. The summed E-state index contributed by atoms with van der Waals surface area (Å²) in [6, 6.07) is 6.71. The Kier molecular flexibility index (Phi) is 3.51. The van der Waals surface area contributed by atoms with Crippen LogP contribution in [0.25, 0.3) is 0 Å². The summed E-state index contributed by atoms with van der Waals surface area (Å²) >= 11 is 0. The van der Waals surface area contributed by atoms with E-state index in [1.54, 1.807) is 24.3 Å². The van der Waals surface area contributed by atoms with E-state index in [2.05, 4.69) is 0 Å². The van der Waals surface area contributed by atoms with Crippen molar-refractivity contribution in [3.8, 4) is 0 Å². The second-order valence-corrected chi connectivity index (χ2v) is 7.33. The van der Waals surface area contributed by atoms with Gasteiger partial charge in [-0.1, -0.05) is 0 Å². The van der Waals surface area contributed by atoms with E-state index in [0.717, 1.165) is 12.0 Å². The molecule has 0 aliphatic heterocycles. The second kappa shape index (κ2) is 4.18. The Balaban J connectivity index is 2.97. The molecule has 1 aromatic carbocycles. The first-order valence-corrected chi connectivity index (χ1v) is 7.45. The molecule has 0 amide bonds. The molecule has 0 saturated heterocycles. The molecule has 86 valence electrons. The number of rotatable bonds is 4. The van der Waals surface area contributed by atoms with Gasteiger partial charge in [-0.05, 0) is 0 Å². The van der Waals surface area contributed by atoms with Crippen molar-refractivity contribution in [3.63, 3.8) is 0 Å². The van der Waals surface area contributed by atoms with Crippen molar-refractivity contribution in [3.05, 3.63) is 29.8 Å². The fraction of sp³-hybridized carbons (Fsp3) is 0.455. The molecule has 0 aromatic heterocycles. The SMILES string of the molecule is CCCCP(O)(O)(O)c1ccc(C)cc1. The van der Waals surface area contributed by atoms with Crippen molar-refractivity contribution in [1.29, 1.82) is 0 Å². The molecular weight excluding hydrogens is 211 g/mol. The van der Waals surface area contributed by atoms with Gasteiger partial charge in [0.2, 0.25) is 0 Å². The number of unbranched alkanes of at least 4 members (excludes halogenated alkanes) is 1. The van der Waals surface area contributed by atoms with Gasteiger partial charge in [-0.3, -0.25) is 0 Å². The van der Waals surface area contributed by atoms with Gasteiger partial charge >= 0.3 is 89.9 Å². The van der Waals surface area contributed by atoms with Gasteiger partial charge < -0.3 is 0 Å². The van der Waals surface area contributed by atoms with Crippen LogP contribution in [0.4, 0.5) is 0 Å². The zero-order valence-electron chi connectivity index (χ0n) is 9.22. The fourth-order valence-corrected chi connectivity index (χ4v) is 3.35. The van der Waals surface area contributed by atoms with Crippen LogP contribution in [0.3, 0.4) is 0 Å². The number of benzene rings is 1. The molecule has 0 heterocycles. The zero-order valence-corrected chi connectivity index (χ0v) is 10.1. The van der Waals surface area contributed by atoms with Crippen LogP contribution in [-0.2, 0) is 0 Å². The molecule has 15 heavy (non-hydrogen) atoms. The molecule has 0 saturated carbocycles. The van der Waals surface area contributed by atoms with Gasteiger partial charge in [-0.25, -0.2) is 0 Å². The first kappa shape index (κ1) is 12.6. The standard InChI is InChI=1S/C11H19O3P/c1-3-4-9-15(12,13,14)11-7-5-10(2)6-8-11/h5-8,12-14H,3-4,9H2,1-2H3. The maximum absolute atomic E-state index is 9.91. The van der Waals surface area contributed by atoms with E-state index >= 15 is 0 Å². The van der Waals surface area contributed by atoms with E-state index in [1.807, 2.05) is 13.8 Å². The summed E-state index contributed by atoms with van der Waals surface area (Å²) in [7, 11) is -4.59. The number of hydrogen-bond donors (Lipinski definition) is 3. The topological polar surface area (TPSA) is 60.7 Å². The second-order valence-electron chi connectivity index (χ2n) is 4.06. The van der Waals surface area contributed by atoms with Crippen LogP contribution in [0.1, 0.15) is 25.3 Å². The first-order chi connectivity index (χ1) is 6.83. The van der Waals surface area contributed by atoms with E-state index in [1.165, 1.54) is 0 Å². The van der Waals surface area contributed by atoms with Crippen LogP contribution >= 0.6 is 7.28 Å². The zero-order chi connectivity index (χ0) is 11.6. The van der Waals surface area contributed by atoms with Crippen molar-refractivity contribution in [2.24, 2.45) is 0 Å². The van der Waals surface area contributed by atoms with Crippen molar-refractivity contribution in [2.45, 2.75) is 26.7 Å². The fourth-order valence-electron chi connectivity index (χ4n) is 1.43. The van der Waals surface area contributed by atoms with Crippen LogP contribution in [0, 0.1) is 6.92 Å². The molecule has 3 N–H and O–H groups in total. The summed E-state index contributed by atoms with van der Waals surface area (Å²) in [5.41, 5.74) is 1.03. The minimum atomic E-state index is -4.59. The normalized spacial score (nSPS) is 14.6.